The number of hydrogen-bond donors (Lipinski definition) is 1. The van der Waals surface area contributed by atoms with Crippen molar-refractivity contribution in [3.63, 3.8) is 0 Å². The van der Waals surface area contributed by atoms with Crippen LogP contribution in [0.2, 0.25) is 5.02 Å². The summed E-state index contributed by atoms with van der Waals surface area (Å²) in [4.78, 5) is 42.7. The third-order valence-corrected chi connectivity index (χ3v) is 7.53. The molecule has 11 nitrogen and oxygen atoms in total. The Balaban J connectivity index is 1.59. The van der Waals surface area contributed by atoms with Gasteiger partial charge in [-0.1, -0.05) is 43.6 Å². The van der Waals surface area contributed by atoms with Gasteiger partial charge >= 0.3 is 5.69 Å². The Kier molecular flexibility index (Phi) is 9.96. The fourth-order valence-corrected chi connectivity index (χ4v) is 5.13. The highest BCUT2D eigenvalue weighted by atomic mass is 35.5. The summed E-state index contributed by atoms with van der Waals surface area (Å²) in [6, 6.07) is 21.6. The Bertz CT molecular complexity index is 2060. The SMILES string of the molecule is CCOc1cc(C)c(-c2nc3ccccc3c(=O)n2N=Cc2cccc([N+](=O)[O-])c2OCC(=O)Nc2ccc(Cl)cc2)cc1C(C)C. The van der Waals surface area contributed by atoms with E-state index < -0.39 is 23.0 Å². The number of nitro groups is 1. The molecule has 1 amide bonds. The van der Waals surface area contributed by atoms with Gasteiger partial charge in [0.15, 0.2) is 12.4 Å². The first-order valence-corrected chi connectivity index (χ1v) is 15.2. The molecule has 5 aromatic rings. The number of carbonyl (C=O) groups excluding carboxylic acids is 1. The number of nitrogens with zero attached hydrogens (tertiary/aromatic N) is 4. The molecular formula is C35H32ClN5O6. The van der Waals surface area contributed by atoms with Crippen LogP contribution in [0.4, 0.5) is 11.4 Å². The number of nitrogens with one attached hydrogen (secondary N) is 1. The van der Waals surface area contributed by atoms with Crippen LogP contribution in [0.5, 0.6) is 11.5 Å². The third kappa shape index (κ3) is 7.31. The summed E-state index contributed by atoms with van der Waals surface area (Å²) in [6.45, 7) is 7.89. The van der Waals surface area contributed by atoms with Gasteiger partial charge in [-0.25, -0.2) is 4.98 Å². The van der Waals surface area contributed by atoms with E-state index in [4.69, 9.17) is 26.1 Å². The minimum Gasteiger partial charge on any atom is -0.494 e. The van der Waals surface area contributed by atoms with E-state index >= 15 is 0 Å². The molecule has 0 atom stereocenters. The number of rotatable bonds is 11. The second-order valence-electron chi connectivity index (χ2n) is 10.9. The number of aryl methyl sites for hydroxylation is 1. The van der Waals surface area contributed by atoms with Gasteiger partial charge < -0.3 is 14.8 Å². The number of aromatic nitrogens is 2. The second-order valence-corrected chi connectivity index (χ2v) is 11.3. The van der Waals surface area contributed by atoms with E-state index in [0.29, 0.717) is 33.8 Å². The molecule has 4 aromatic carbocycles. The molecule has 0 aliphatic rings. The summed E-state index contributed by atoms with van der Waals surface area (Å²) in [6.07, 6.45) is 1.29. The average molecular weight is 654 g/mol. The first-order valence-electron chi connectivity index (χ1n) is 14.9. The van der Waals surface area contributed by atoms with Crippen molar-refractivity contribution in [3.8, 4) is 22.9 Å². The van der Waals surface area contributed by atoms with Crippen LogP contribution < -0.4 is 20.3 Å². The molecule has 1 aromatic heterocycles. The zero-order valence-electron chi connectivity index (χ0n) is 26.2. The van der Waals surface area contributed by atoms with Gasteiger partial charge in [-0.2, -0.15) is 9.78 Å². The molecule has 12 heteroatoms. The second kappa shape index (κ2) is 14.3. The summed E-state index contributed by atoms with van der Waals surface area (Å²) in [5.41, 5.74) is 2.77. The maximum Gasteiger partial charge on any atom is 0.311 e. The summed E-state index contributed by atoms with van der Waals surface area (Å²) >= 11 is 5.91. The summed E-state index contributed by atoms with van der Waals surface area (Å²) in [7, 11) is 0. The highest BCUT2D eigenvalue weighted by Gasteiger charge is 2.21. The lowest BCUT2D eigenvalue weighted by molar-refractivity contribution is -0.385. The maximum atomic E-state index is 13.9. The van der Waals surface area contributed by atoms with Gasteiger partial charge in [0.1, 0.15) is 5.75 Å². The van der Waals surface area contributed by atoms with Gasteiger partial charge in [0, 0.05) is 27.9 Å². The fraction of sp³-hybridized carbons (Fsp3) is 0.200. The van der Waals surface area contributed by atoms with E-state index in [-0.39, 0.29) is 28.7 Å². The Hall–Kier alpha value is -5.55. The summed E-state index contributed by atoms with van der Waals surface area (Å²) in [5.74, 6) is 0.414. The molecular weight excluding hydrogens is 622 g/mol. The standard InChI is InChI=1S/C35H32ClN5O6/c1-5-46-31-17-22(4)28(18-27(31)21(2)3)34-39-29-11-7-6-10-26(29)35(43)40(34)37-19-23-9-8-12-30(41(44)45)33(23)47-20-32(42)38-25-15-13-24(36)14-16-25/h6-19,21H,5,20H2,1-4H3,(H,38,42). The molecule has 0 radical (unpaired) electrons. The lowest BCUT2D eigenvalue weighted by atomic mass is 9.96. The zero-order valence-corrected chi connectivity index (χ0v) is 26.9. The number of amides is 1. The molecule has 5 rings (SSSR count). The van der Waals surface area contributed by atoms with E-state index in [1.807, 2.05) is 26.0 Å². The van der Waals surface area contributed by atoms with Crippen molar-refractivity contribution >= 4 is 46.0 Å². The van der Waals surface area contributed by atoms with Crippen LogP contribution in [0.15, 0.2) is 88.8 Å². The molecule has 0 aliphatic carbocycles. The van der Waals surface area contributed by atoms with Crippen molar-refractivity contribution in [1.82, 2.24) is 9.66 Å². The van der Waals surface area contributed by atoms with E-state index in [2.05, 4.69) is 24.3 Å². The summed E-state index contributed by atoms with van der Waals surface area (Å²) < 4.78 is 12.8. The molecule has 0 fully saturated rings. The highest BCUT2D eigenvalue weighted by molar-refractivity contribution is 6.30. The number of fused-ring (bicyclic) bond motifs is 1. The molecule has 0 bridgehead atoms. The number of benzene rings is 4. The number of hydrogen-bond acceptors (Lipinski definition) is 8. The van der Waals surface area contributed by atoms with Crippen LogP contribution in [0, 0.1) is 17.0 Å². The van der Waals surface area contributed by atoms with E-state index in [1.54, 1.807) is 54.6 Å². The molecule has 0 spiro atoms. The number of para-hydroxylation sites is 2. The fourth-order valence-electron chi connectivity index (χ4n) is 5.01. The maximum absolute atomic E-state index is 13.9. The van der Waals surface area contributed by atoms with Crippen molar-refractivity contribution in [2.75, 3.05) is 18.5 Å². The van der Waals surface area contributed by atoms with Gasteiger partial charge in [0.25, 0.3) is 11.5 Å². The van der Waals surface area contributed by atoms with Crippen molar-refractivity contribution in [2.45, 2.75) is 33.6 Å². The molecule has 1 heterocycles. The predicted molar refractivity (Wildman–Crippen MR) is 183 cm³/mol. The Morgan fingerprint density at radius 2 is 1.83 bits per heavy atom. The van der Waals surface area contributed by atoms with Crippen molar-refractivity contribution in [2.24, 2.45) is 5.10 Å². The van der Waals surface area contributed by atoms with Crippen LogP contribution in [-0.2, 0) is 4.79 Å². The van der Waals surface area contributed by atoms with Crippen molar-refractivity contribution in [1.29, 1.82) is 0 Å². The first kappa shape index (κ1) is 32.8. The molecule has 0 unspecified atom stereocenters. The summed E-state index contributed by atoms with van der Waals surface area (Å²) in [5, 5.41) is 20.0. The molecule has 0 aliphatic heterocycles. The van der Waals surface area contributed by atoms with Gasteiger partial charge in [-0.15, -0.1) is 0 Å². The molecule has 1 N–H and O–H groups in total. The smallest absolute Gasteiger partial charge is 0.311 e. The largest absolute Gasteiger partial charge is 0.494 e. The number of anilines is 1. The minimum atomic E-state index is -0.615. The number of ether oxygens (including phenoxy) is 2. The molecule has 0 saturated carbocycles. The van der Waals surface area contributed by atoms with Crippen LogP contribution in [0.25, 0.3) is 22.3 Å². The Morgan fingerprint density at radius 3 is 2.53 bits per heavy atom. The lowest BCUT2D eigenvalue weighted by Crippen LogP contribution is -2.21. The van der Waals surface area contributed by atoms with E-state index in [0.717, 1.165) is 16.9 Å². The van der Waals surface area contributed by atoms with Gasteiger partial charge in [-0.3, -0.25) is 19.7 Å². The van der Waals surface area contributed by atoms with Crippen LogP contribution >= 0.6 is 11.6 Å². The molecule has 47 heavy (non-hydrogen) atoms. The Morgan fingerprint density at radius 1 is 1.09 bits per heavy atom. The lowest BCUT2D eigenvalue weighted by Gasteiger charge is -2.18. The Labute approximate surface area is 275 Å². The monoisotopic (exact) mass is 653 g/mol. The average Bonchev–Trinajstić information content (AvgIpc) is 3.04. The van der Waals surface area contributed by atoms with E-state index in [9.17, 15) is 19.7 Å². The number of nitro benzene ring substituents is 1. The van der Waals surface area contributed by atoms with Crippen LogP contribution in [-0.4, -0.2) is 39.9 Å². The van der Waals surface area contributed by atoms with E-state index in [1.165, 1.54) is 23.0 Å². The van der Waals surface area contributed by atoms with Crippen molar-refractivity contribution in [3.05, 3.63) is 121 Å². The molecule has 240 valence electrons. The number of halogens is 1. The third-order valence-electron chi connectivity index (χ3n) is 7.28. The highest BCUT2D eigenvalue weighted by Crippen LogP contribution is 2.35. The van der Waals surface area contributed by atoms with Crippen LogP contribution in [0.1, 0.15) is 43.4 Å². The predicted octanol–water partition coefficient (Wildman–Crippen LogP) is 7.36. The molecule has 0 saturated heterocycles. The topological polar surface area (TPSA) is 138 Å². The quantitative estimate of drug-likeness (QED) is 0.0893. The van der Waals surface area contributed by atoms with Gasteiger partial charge in [-0.05, 0) is 85.5 Å². The number of carbonyl (C=O) groups is 1. The van der Waals surface area contributed by atoms with Crippen molar-refractivity contribution < 1.29 is 19.2 Å². The van der Waals surface area contributed by atoms with Gasteiger partial charge in [0.2, 0.25) is 5.75 Å². The zero-order chi connectivity index (χ0) is 33.7. The minimum absolute atomic E-state index is 0.112. The normalized spacial score (nSPS) is 11.3. The van der Waals surface area contributed by atoms with Gasteiger partial charge in [0.05, 0.1) is 28.6 Å². The first-order chi connectivity index (χ1) is 22.6. The van der Waals surface area contributed by atoms with Crippen LogP contribution in [0.3, 0.4) is 0 Å².